The van der Waals surface area contributed by atoms with Gasteiger partial charge in [0, 0.05) is 19.1 Å². The van der Waals surface area contributed by atoms with Gasteiger partial charge in [-0.25, -0.2) is 12.8 Å². The smallest absolute Gasteiger partial charge is 0.246 e. The Bertz CT molecular complexity index is 614. The average molecular weight is 300 g/mol. The number of hydrogen-bond acceptors (Lipinski definition) is 3. The molecule has 2 rings (SSSR count). The first-order valence-corrected chi connectivity index (χ1v) is 8.11. The van der Waals surface area contributed by atoms with Gasteiger partial charge in [-0.1, -0.05) is 26.0 Å². The van der Waals surface area contributed by atoms with Gasteiger partial charge >= 0.3 is 0 Å². The number of benzene rings is 1. The van der Waals surface area contributed by atoms with Crippen molar-refractivity contribution < 1.29 is 12.8 Å². The van der Waals surface area contributed by atoms with Crippen molar-refractivity contribution >= 4 is 10.0 Å². The molecular weight excluding hydrogens is 279 g/mol. The minimum atomic E-state index is -3.81. The summed E-state index contributed by atoms with van der Waals surface area (Å²) < 4.78 is 40.6. The number of nitrogens with zero attached hydrogens (tertiary/aromatic N) is 1. The lowest BCUT2D eigenvalue weighted by Crippen LogP contribution is -2.53. The van der Waals surface area contributed by atoms with E-state index in [0.29, 0.717) is 25.1 Å². The van der Waals surface area contributed by atoms with Crippen LogP contribution in [0.5, 0.6) is 0 Å². The van der Waals surface area contributed by atoms with Gasteiger partial charge in [0.05, 0.1) is 0 Å². The van der Waals surface area contributed by atoms with Crippen LogP contribution in [-0.2, 0) is 10.0 Å². The van der Waals surface area contributed by atoms with Crippen molar-refractivity contribution in [2.24, 2.45) is 11.1 Å². The summed E-state index contributed by atoms with van der Waals surface area (Å²) in [4.78, 5) is -0.247. The Morgan fingerprint density at radius 2 is 2.05 bits per heavy atom. The summed E-state index contributed by atoms with van der Waals surface area (Å²) in [6, 6.07) is 4.40. The molecular formula is C14H21FN2O2S. The topological polar surface area (TPSA) is 63.4 Å². The minimum Gasteiger partial charge on any atom is -0.327 e. The van der Waals surface area contributed by atoms with Crippen LogP contribution >= 0.6 is 0 Å². The van der Waals surface area contributed by atoms with Crippen molar-refractivity contribution in [2.45, 2.75) is 38.1 Å². The fourth-order valence-corrected chi connectivity index (χ4v) is 4.25. The molecule has 1 atom stereocenters. The fraction of sp³-hybridized carbons (Fsp3) is 0.571. The molecule has 2 N–H and O–H groups in total. The molecule has 0 aliphatic carbocycles. The van der Waals surface area contributed by atoms with Crippen LogP contribution in [0.1, 0.15) is 25.8 Å². The Morgan fingerprint density at radius 1 is 1.40 bits per heavy atom. The number of piperidine rings is 1. The monoisotopic (exact) mass is 300 g/mol. The van der Waals surface area contributed by atoms with Gasteiger partial charge in [0.1, 0.15) is 10.7 Å². The van der Waals surface area contributed by atoms with E-state index in [1.54, 1.807) is 19.1 Å². The molecule has 1 saturated heterocycles. The quantitative estimate of drug-likeness (QED) is 0.907. The van der Waals surface area contributed by atoms with E-state index in [0.717, 1.165) is 0 Å². The van der Waals surface area contributed by atoms with Crippen LogP contribution in [0.4, 0.5) is 4.39 Å². The molecule has 4 nitrogen and oxygen atoms in total. The Labute approximate surface area is 119 Å². The summed E-state index contributed by atoms with van der Waals surface area (Å²) in [7, 11) is -3.81. The minimum absolute atomic E-state index is 0.0451. The first-order valence-electron chi connectivity index (χ1n) is 6.67. The molecule has 1 heterocycles. The van der Waals surface area contributed by atoms with Gasteiger partial charge in [0.2, 0.25) is 10.0 Å². The van der Waals surface area contributed by atoms with Crippen molar-refractivity contribution in [2.75, 3.05) is 13.1 Å². The van der Waals surface area contributed by atoms with Gasteiger partial charge in [0.15, 0.2) is 0 Å². The van der Waals surface area contributed by atoms with Gasteiger partial charge in [-0.2, -0.15) is 4.31 Å². The van der Waals surface area contributed by atoms with Crippen molar-refractivity contribution in [1.82, 2.24) is 4.31 Å². The second-order valence-corrected chi connectivity index (χ2v) is 8.02. The zero-order chi connectivity index (χ0) is 15.1. The van der Waals surface area contributed by atoms with Crippen LogP contribution in [0, 0.1) is 18.2 Å². The summed E-state index contributed by atoms with van der Waals surface area (Å²) in [5.74, 6) is -0.667. The van der Waals surface area contributed by atoms with E-state index >= 15 is 0 Å². The molecule has 6 heteroatoms. The van der Waals surface area contributed by atoms with E-state index in [-0.39, 0.29) is 16.4 Å². The maximum atomic E-state index is 14.1. The van der Waals surface area contributed by atoms with Crippen LogP contribution in [0.25, 0.3) is 0 Å². The first kappa shape index (κ1) is 15.4. The summed E-state index contributed by atoms with van der Waals surface area (Å²) in [6.45, 7) is 6.08. The predicted molar refractivity (Wildman–Crippen MR) is 76.3 cm³/mol. The van der Waals surface area contributed by atoms with Crippen LogP contribution in [-0.4, -0.2) is 31.9 Å². The summed E-state index contributed by atoms with van der Waals surface area (Å²) in [6.07, 6.45) is 0.583. The maximum Gasteiger partial charge on any atom is 0.246 e. The summed E-state index contributed by atoms with van der Waals surface area (Å²) >= 11 is 0. The van der Waals surface area contributed by atoms with E-state index in [2.05, 4.69) is 0 Å². The number of rotatable bonds is 2. The molecule has 0 saturated carbocycles. The summed E-state index contributed by atoms with van der Waals surface area (Å²) in [5.41, 5.74) is 6.03. The number of aryl methyl sites for hydroxylation is 1. The molecule has 0 spiro atoms. The molecule has 1 aromatic carbocycles. The second kappa shape index (κ2) is 5.09. The fourth-order valence-electron chi connectivity index (χ4n) is 2.49. The molecule has 0 bridgehead atoms. The van der Waals surface area contributed by atoms with E-state index < -0.39 is 15.8 Å². The van der Waals surface area contributed by atoms with E-state index in [1.807, 2.05) is 13.8 Å². The number of halogens is 1. The van der Waals surface area contributed by atoms with Crippen molar-refractivity contribution in [3.8, 4) is 0 Å². The van der Waals surface area contributed by atoms with Gasteiger partial charge in [-0.05, 0) is 30.4 Å². The normalized spacial score (nSPS) is 23.8. The zero-order valence-electron chi connectivity index (χ0n) is 12.1. The molecule has 112 valence electrons. The number of hydrogen-bond donors (Lipinski definition) is 1. The summed E-state index contributed by atoms with van der Waals surface area (Å²) in [5, 5.41) is 0. The highest BCUT2D eigenvalue weighted by atomic mass is 32.2. The number of sulfonamides is 1. The third kappa shape index (κ3) is 2.60. The highest BCUT2D eigenvalue weighted by Crippen LogP contribution is 2.32. The van der Waals surface area contributed by atoms with Gasteiger partial charge < -0.3 is 5.73 Å². The van der Waals surface area contributed by atoms with E-state index in [1.165, 1.54) is 10.4 Å². The lowest BCUT2D eigenvalue weighted by molar-refractivity contribution is 0.155. The standard InChI is InChI=1S/C14H21FN2O2S/c1-10-5-4-6-11(13(10)15)20(18,19)17-8-7-12(16)14(2,3)9-17/h4-6,12H,7-9,16H2,1-3H3. The van der Waals surface area contributed by atoms with Gasteiger partial charge in [-0.3, -0.25) is 0 Å². The van der Waals surface area contributed by atoms with Crippen LogP contribution in [0.15, 0.2) is 23.1 Å². The Morgan fingerprint density at radius 3 is 2.65 bits per heavy atom. The second-order valence-electron chi connectivity index (χ2n) is 6.11. The first-order chi connectivity index (χ1) is 9.16. The molecule has 1 aliphatic rings. The van der Waals surface area contributed by atoms with Gasteiger partial charge in [0.25, 0.3) is 0 Å². The lowest BCUT2D eigenvalue weighted by Gasteiger charge is -2.41. The molecule has 1 aromatic rings. The van der Waals surface area contributed by atoms with Crippen molar-refractivity contribution in [3.63, 3.8) is 0 Å². The predicted octanol–water partition coefficient (Wildman–Crippen LogP) is 1.88. The van der Waals surface area contributed by atoms with Crippen LogP contribution < -0.4 is 5.73 Å². The van der Waals surface area contributed by atoms with Gasteiger partial charge in [-0.15, -0.1) is 0 Å². The third-order valence-electron chi connectivity index (χ3n) is 4.05. The molecule has 0 aromatic heterocycles. The zero-order valence-corrected chi connectivity index (χ0v) is 12.9. The Kier molecular flexibility index (Phi) is 3.92. The molecule has 1 fully saturated rings. The van der Waals surface area contributed by atoms with Crippen molar-refractivity contribution in [3.05, 3.63) is 29.6 Å². The molecule has 20 heavy (non-hydrogen) atoms. The Hall–Kier alpha value is -0.980. The molecule has 0 amide bonds. The maximum absolute atomic E-state index is 14.1. The SMILES string of the molecule is Cc1cccc(S(=O)(=O)N2CCC(N)C(C)(C)C2)c1F. The van der Waals surface area contributed by atoms with Crippen LogP contribution in [0.3, 0.4) is 0 Å². The highest BCUT2D eigenvalue weighted by Gasteiger charge is 2.39. The average Bonchev–Trinajstić information content (AvgIpc) is 2.35. The van der Waals surface area contributed by atoms with E-state index in [9.17, 15) is 12.8 Å². The molecule has 1 unspecified atom stereocenters. The molecule has 0 radical (unpaired) electrons. The molecule has 1 aliphatic heterocycles. The van der Waals surface area contributed by atoms with E-state index in [4.69, 9.17) is 5.73 Å². The lowest BCUT2D eigenvalue weighted by atomic mass is 9.81. The largest absolute Gasteiger partial charge is 0.327 e. The van der Waals surface area contributed by atoms with Crippen LogP contribution in [0.2, 0.25) is 0 Å². The third-order valence-corrected chi connectivity index (χ3v) is 5.91. The van der Waals surface area contributed by atoms with Crippen molar-refractivity contribution in [1.29, 1.82) is 0 Å². The number of nitrogens with two attached hydrogens (primary N) is 1. The Balaban J connectivity index is 2.39. The highest BCUT2D eigenvalue weighted by molar-refractivity contribution is 7.89.